The minimum atomic E-state index is -0.312. The van der Waals surface area contributed by atoms with Crippen LogP contribution in [0, 0.1) is 19.7 Å². The van der Waals surface area contributed by atoms with Gasteiger partial charge in [0.15, 0.2) is 0 Å². The molecule has 0 spiro atoms. The van der Waals surface area contributed by atoms with E-state index in [0.29, 0.717) is 11.4 Å². The van der Waals surface area contributed by atoms with E-state index in [0.717, 1.165) is 11.3 Å². The van der Waals surface area contributed by atoms with Gasteiger partial charge in [-0.15, -0.1) is 0 Å². The molecule has 3 nitrogen and oxygen atoms in total. The molecule has 0 atom stereocenters. The van der Waals surface area contributed by atoms with Gasteiger partial charge in [-0.3, -0.25) is 4.98 Å². The van der Waals surface area contributed by atoms with E-state index in [4.69, 9.17) is 0 Å². The number of nitrogens with zero attached hydrogens (tertiary/aromatic N) is 1. The van der Waals surface area contributed by atoms with E-state index in [9.17, 15) is 9.50 Å². The number of rotatable bonds is 3. The van der Waals surface area contributed by atoms with Crippen molar-refractivity contribution in [2.75, 3.05) is 5.32 Å². The van der Waals surface area contributed by atoms with Crippen LogP contribution in [-0.4, -0.2) is 10.1 Å². The van der Waals surface area contributed by atoms with Crippen molar-refractivity contribution in [3.8, 4) is 5.75 Å². The van der Waals surface area contributed by atoms with Gasteiger partial charge in [0.25, 0.3) is 0 Å². The molecule has 2 N–H and O–H groups in total. The largest absolute Gasteiger partial charge is 0.506 e. The number of pyridine rings is 1. The molecular weight excluding hydrogens is 231 g/mol. The number of halogens is 1. The van der Waals surface area contributed by atoms with Gasteiger partial charge >= 0.3 is 0 Å². The van der Waals surface area contributed by atoms with Crippen molar-refractivity contribution in [2.24, 2.45) is 0 Å². The summed E-state index contributed by atoms with van der Waals surface area (Å²) in [7, 11) is 0. The fourth-order valence-electron chi connectivity index (χ4n) is 1.69. The highest BCUT2D eigenvalue weighted by Crippen LogP contribution is 2.19. The lowest BCUT2D eigenvalue weighted by Crippen LogP contribution is -2.04. The molecule has 1 heterocycles. The predicted octanol–water partition coefficient (Wildman–Crippen LogP) is 3.16. The number of benzene rings is 1. The highest BCUT2D eigenvalue weighted by atomic mass is 19.1. The van der Waals surface area contributed by atoms with Gasteiger partial charge < -0.3 is 10.4 Å². The van der Waals surface area contributed by atoms with E-state index in [-0.39, 0.29) is 18.1 Å². The molecule has 1 aromatic heterocycles. The van der Waals surface area contributed by atoms with Crippen LogP contribution in [0.5, 0.6) is 5.75 Å². The quantitative estimate of drug-likeness (QED) is 0.874. The molecule has 0 saturated heterocycles. The number of aromatic hydroxyl groups is 1. The summed E-state index contributed by atoms with van der Waals surface area (Å²) >= 11 is 0. The maximum atomic E-state index is 13.5. The second-order valence-electron chi connectivity index (χ2n) is 4.26. The van der Waals surface area contributed by atoms with Crippen LogP contribution < -0.4 is 5.32 Å². The Kier molecular flexibility index (Phi) is 3.46. The number of nitrogens with one attached hydrogen (secondary N) is 1. The highest BCUT2D eigenvalue weighted by molar-refractivity contribution is 5.47. The minimum absolute atomic E-state index is 0.112. The van der Waals surface area contributed by atoms with Crippen LogP contribution in [0.1, 0.15) is 17.0 Å². The molecule has 0 aliphatic rings. The average Bonchev–Trinajstić information content (AvgIpc) is 2.34. The van der Waals surface area contributed by atoms with Crippen molar-refractivity contribution in [1.82, 2.24) is 4.98 Å². The summed E-state index contributed by atoms with van der Waals surface area (Å²) < 4.78 is 13.5. The molecule has 0 aliphatic carbocycles. The van der Waals surface area contributed by atoms with Crippen LogP contribution >= 0.6 is 0 Å². The van der Waals surface area contributed by atoms with Gasteiger partial charge in [-0.25, -0.2) is 4.39 Å². The predicted molar refractivity (Wildman–Crippen MR) is 69.1 cm³/mol. The van der Waals surface area contributed by atoms with Crippen LogP contribution in [0.3, 0.4) is 0 Å². The Bertz CT molecular complexity index is 518. The van der Waals surface area contributed by atoms with Crippen molar-refractivity contribution in [3.63, 3.8) is 0 Å². The van der Waals surface area contributed by atoms with Gasteiger partial charge in [0.1, 0.15) is 17.3 Å². The second-order valence-corrected chi connectivity index (χ2v) is 4.26. The maximum Gasteiger partial charge on any atom is 0.146 e. The van der Waals surface area contributed by atoms with Crippen LogP contribution in [0.25, 0.3) is 0 Å². The van der Waals surface area contributed by atoms with Crippen molar-refractivity contribution in [1.29, 1.82) is 0 Å². The summed E-state index contributed by atoms with van der Waals surface area (Å²) in [6.07, 6.45) is 0. The first-order valence-electron chi connectivity index (χ1n) is 5.72. The molecule has 94 valence electrons. The van der Waals surface area contributed by atoms with E-state index < -0.39 is 0 Å². The van der Waals surface area contributed by atoms with Crippen molar-refractivity contribution < 1.29 is 9.50 Å². The summed E-state index contributed by atoms with van der Waals surface area (Å²) in [5.74, 6) is -0.200. The lowest BCUT2D eigenvalue weighted by molar-refractivity contribution is 0.464. The zero-order chi connectivity index (χ0) is 13.1. The Hall–Kier alpha value is -2.10. The third-order valence-electron chi connectivity index (χ3n) is 2.66. The molecule has 0 amide bonds. The van der Waals surface area contributed by atoms with Crippen LogP contribution in [0.2, 0.25) is 0 Å². The Balaban J connectivity index is 2.16. The first kappa shape index (κ1) is 12.4. The Morgan fingerprint density at radius 1 is 1.22 bits per heavy atom. The Morgan fingerprint density at radius 3 is 2.78 bits per heavy atom. The lowest BCUT2D eigenvalue weighted by atomic mass is 10.2. The van der Waals surface area contributed by atoms with E-state index in [1.807, 2.05) is 13.8 Å². The molecule has 0 bridgehead atoms. The number of anilines is 1. The third-order valence-corrected chi connectivity index (χ3v) is 2.66. The number of aryl methyl sites for hydroxylation is 2. The van der Waals surface area contributed by atoms with Crippen molar-refractivity contribution >= 4 is 5.69 Å². The van der Waals surface area contributed by atoms with Crippen molar-refractivity contribution in [3.05, 3.63) is 53.1 Å². The van der Waals surface area contributed by atoms with Crippen LogP contribution in [-0.2, 0) is 6.54 Å². The number of hydrogen-bond donors (Lipinski definition) is 2. The van der Waals surface area contributed by atoms with E-state index in [2.05, 4.69) is 10.3 Å². The van der Waals surface area contributed by atoms with Gasteiger partial charge in [0, 0.05) is 5.69 Å². The normalized spacial score (nSPS) is 10.4. The molecule has 0 aliphatic heterocycles. The minimum Gasteiger partial charge on any atom is -0.506 e. The molecule has 2 rings (SSSR count). The monoisotopic (exact) mass is 246 g/mol. The first-order chi connectivity index (χ1) is 8.56. The first-order valence-corrected chi connectivity index (χ1v) is 5.72. The van der Waals surface area contributed by atoms with E-state index >= 15 is 0 Å². The third kappa shape index (κ3) is 2.77. The molecule has 2 aromatic rings. The topological polar surface area (TPSA) is 45.2 Å². The van der Waals surface area contributed by atoms with E-state index in [1.165, 1.54) is 6.07 Å². The molecule has 18 heavy (non-hydrogen) atoms. The zero-order valence-electron chi connectivity index (χ0n) is 10.4. The summed E-state index contributed by atoms with van der Waals surface area (Å²) in [5, 5.41) is 12.6. The van der Waals surface area contributed by atoms with Gasteiger partial charge in [0.05, 0.1) is 12.2 Å². The standard InChI is InChI=1S/C14H15FN2O/c1-9-3-5-11(15)12(7-9)16-8-13-14(18)6-4-10(2)17-13/h3-7,16,18H,8H2,1-2H3. The van der Waals surface area contributed by atoms with Gasteiger partial charge in [-0.05, 0) is 43.7 Å². The van der Waals surface area contributed by atoms with Gasteiger partial charge in [-0.2, -0.15) is 0 Å². The molecule has 1 aromatic carbocycles. The smallest absolute Gasteiger partial charge is 0.146 e. The second kappa shape index (κ2) is 5.04. The summed E-state index contributed by atoms with van der Waals surface area (Å²) in [4.78, 5) is 4.20. The highest BCUT2D eigenvalue weighted by Gasteiger charge is 2.06. The maximum absolute atomic E-state index is 13.5. The Morgan fingerprint density at radius 2 is 2.00 bits per heavy atom. The lowest BCUT2D eigenvalue weighted by Gasteiger charge is -2.09. The molecule has 0 fully saturated rings. The molecule has 0 radical (unpaired) electrons. The fourth-order valence-corrected chi connectivity index (χ4v) is 1.69. The van der Waals surface area contributed by atoms with Crippen LogP contribution in [0.15, 0.2) is 30.3 Å². The number of aromatic nitrogens is 1. The summed E-state index contributed by atoms with van der Waals surface area (Å²) in [5.41, 5.74) is 2.71. The average molecular weight is 246 g/mol. The van der Waals surface area contributed by atoms with Gasteiger partial charge in [0.2, 0.25) is 0 Å². The zero-order valence-corrected chi connectivity index (χ0v) is 10.4. The Labute approximate surface area is 105 Å². The fraction of sp³-hybridized carbons (Fsp3) is 0.214. The summed E-state index contributed by atoms with van der Waals surface area (Å²) in [6.45, 7) is 4.02. The van der Waals surface area contributed by atoms with E-state index in [1.54, 1.807) is 24.3 Å². The molecule has 0 unspecified atom stereocenters. The summed E-state index contributed by atoms with van der Waals surface area (Å²) in [6, 6.07) is 8.17. The van der Waals surface area contributed by atoms with Crippen LogP contribution in [0.4, 0.5) is 10.1 Å². The van der Waals surface area contributed by atoms with Crippen molar-refractivity contribution in [2.45, 2.75) is 20.4 Å². The molecular formula is C14H15FN2O. The number of hydrogen-bond acceptors (Lipinski definition) is 3. The SMILES string of the molecule is Cc1ccc(F)c(NCc2nc(C)ccc2O)c1. The van der Waals surface area contributed by atoms with Gasteiger partial charge in [-0.1, -0.05) is 6.07 Å². The molecule has 4 heteroatoms. The molecule has 0 saturated carbocycles.